The summed E-state index contributed by atoms with van der Waals surface area (Å²) in [5, 5.41) is 0. The van der Waals surface area contributed by atoms with E-state index in [4.69, 9.17) is 15.0 Å². The number of halogens is 3. The van der Waals surface area contributed by atoms with Crippen molar-refractivity contribution in [2.24, 2.45) is 0 Å². The van der Waals surface area contributed by atoms with Gasteiger partial charge in [0.15, 0.2) is 0 Å². The normalized spacial score (nSPS) is 21.2. The van der Waals surface area contributed by atoms with Gasteiger partial charge in [-0.2, -0.15) is 13.2 Å². The molecule has 4 nitrogen and oxygen atoms in total. The molecule has 2 heterocycles. The Hall–Kier alpha value is -1.28. The van der Waals surface area contributed by atoms with E-state index in [9.17, 15) is 13.2 Å². The van der Waals surface area contributed by atoms with Crippen LogP contribution in [0, 0.1) is 0 Å². The largest absolute Gasteiger partial charge is 0.514 e. The van der Waals surface area contributed by atoms with Crippen molar-refractivity contribution in [3.05, 3.63) is 17.8 Å². The molecule has 110 valence electrons. The summed E-state index contributed by atoms with van der Waals surface area (Å²) in [6.07, 6.45) is -3.56. The Morgan fingerprint density at radius 3 is 2.10 bits per heavy atom. The Morgan fingerprint density at radius 2 is 1.65 bits per heavy atom. The number of hydrogen-bond donors (Lipinski definition) is 1. The molecule has 2 N–H and O–H groups in total. The lowest BCUT2D eigenvalue weighted by atomic mass is 9.83. The molecule has 0 radical (unpaired) electrons. The molecule has 0 aliphatic carbocycles. The summed E-state index contributed by atoms with van der Waals surface area (Å²) >= 11 is 0. The molecule has 0 aromatic carbocycles. The number of alkyl halides is 3. The van der Waals surface area contributed by atoms with E-state index in [1.165, 1.54) is 0 Å². The van der Waals surface area contributed by atoms with Gasteiger partial charge in [0.1, 0.15) is 0 Å². The van der Waals surface area contributed by atoms with Crippen LogP contribution in [0.2, 0.25) is 0 Å². The Morgan fingerprint density at radius 1 is 1.15 bits per heavy atom. The van der Waals surface area contributed by atoms with Crippen molar-refractivity contribution in [2.75, 3.05) is 5.73 Å². The van der Waals surface area contributed by atoms with Crippen molar-refractivity contribution in [1.82, 2.24) is 4.98 Å². The van der Waals surface area contributed by atoms with E-state index in [2.05, 4.69) is 4.98 Å². The van der Waals surface area contributed by atoms with E-state index in [-0.39, 0.29) is 5.59 Å². The second-order valence-electron chi connectivity index (χ2n) is 5.78. The Labute approximate surface area is 115 Å². The smallest absolute Gasteiger partial charge is 0.398 e. The molecule has 1 saturated heterocycles. The quantitative estimate of drug-likeness (QED) is 0.803. The summed E-state index contributed by atoms with van der Waals surface area (Å²) in [6, 6.07) is 0.872. The predicted molar refractivity (Wildman–Crippen MR) is 69.4 cm³/mol. The number of anilines is 1. The highest BCUT2D eigenvalue weighted by atomic mass is 19.4. The van der Waals surface area contributed by atoms with E-state index < -0.39 is 35.7 Å². The highest BCUT2D eigenvalue weighted by Crippen LogP contribution is 2.37. The fraction of sp³-hybridized carbons (Fsp3) is 0.583. The molecule has 1 aliphatic rings. The molecule has 0 atom stereocenters. The zero-order chi connectivity index (χ0) is 15.3. The maximum atomic E-state index is 12.8. The number of nitrogens with two attached hydrogens (primary N) is 1. The van der Waals surface area contributed by atoms with Gasteiger partial charge < -0.3 is 15.0 Å². The van der Waals surface area contributed by atoms with E-state index in [1.54, 1.807) is 0 Å². The van der Waals surface area contributed by atoms with Crippen LogP contribution in [0.1, 0.15) is 33.3 Å². The topological polar surface area (TPSA) is 57.4 Å². The number of nitrogens with zero attached hydrogens (tertiary/aromatic N) is 1. The number of pyridine rings is 1. The second-order valence-corrected chi connectivity index (χ2v) is 5.78. The van der Waals surface area contributed by atoms with Crippen molar-refractivity contribution in [1.29, 1.82) is 0 Å². The fourth-order valence-corrected chi connectivity index (χ4v) is 1.82. The van der Waals surface area contributed by atoms with Gasteiger partial charge in [-0.15, -0.1) is 0 Å². The highest BCUT2D eigenvalue weighted by Gasteiger charge is 2.52. The minimum atomic E-state index is -4.54. The zero-order valence-corrected chi connectivity index (χ0v) is 11.7. The Balaban J connectivity index is 2.37. The van der Waals surface area contributed by atoms with Crippen LogP contribution in [0.4, 0.5) is 18.9 Å². The van der Waals surface area contributed by atoms with Crippen molar-refractivity contribution < 1.29 is 22.5 Å². The van der Waals surface area contributed by atoms with E-state index in [0.717, 1.165) is 12.3 Å². The van der Waals surface area contributed by atoms with Crippen LogP contribution in [0.25, 0.3) is 0 Å². The molecule has 0 amide bonds. The molecule has 0 unspecified atom stereocenters. The standard InChI is InChI=1S/C12H16BF3N2O2/c1-10(2)11(3,4)20-13(19-10)9-5-7(12(14,15)16)8(17)6-18-9/h5-6H,17H2,1-4H3. The van der Waals surface area contributed by atoms with E-state index in [1.807, 2.05) is 27.7 Å². The Kier molecular flexibility index (Phi) is 3.30. The van der Waals surface area contributed by atoms with Crippen LogP contribution in [-0.4, -0.2) is 23.3 Å². The first kappa shape index (κ1) is 15.1. The first-order valence-corrected chi connectivity index (χ1v) is 6.12. The highest BCUT2D eigenvalue weighted by molar-refractivity contribution is 6.61. The molecule has 8 heteroatoms. The molecule has 1 aliphatic heterocycles. The van der Waals surface area contributed by atoms with Crippen LogP contribution in [0.5, 0.6) is 0 Å². The summed E-state index contributed by atoms with van der Waals surface area (Å²) in [5.74, 6) is 0. The van der Waals surface area contributed by atoms with Gasteiger partial charge in [-0.05, 0) is 33.8 Å². The van der Waals surface area contributed by atoms with Gasteiger partial charge in [0, 0.05) is 6.20 Å². The molecule has 20 heavy (non-hydrogen) atoms. The second kappa shape index (κ2) is 4.36. The van der Waals surface area contributed by atoms with E-state index in [0.29, 0.717) is 0 Å². The van der Waals surface area contributed by atoms with Crippen LogP contribution in [0.15, 0.2) is 12.3 Å². The van der Waals surface area contributed by atoms with Crippen LogP contribution >= 0.6 is 0 Å². The summed E-state index contributed by atoms with van der Waals surface area (Å²) in [4.78, 5) is 3.89. The number of nitrogen functional groups attached to an aromatic ring is 1. The average molecular weight is 288 g/mol. The van der Waals surface area contributed by atoms with E-state index >= 15 is 0 Å². The molecule has 1 aromatic rings. The molecule has 1 fully saturated rings. The lowest BCUT2D eigenvalue weighted by Crippen LogP contribution is -2.41. The molecule has 2 rings (SSSR count). The fourth-order valence-electron chi connectivity index (χ4n) is 1.82. The van der Waals surface area contributed by atoms with Crippen molar-refractivity contribution in [3.8, 4) is 0 Å². The minimum absolute atomic E-state index is 0.0603. The van der Waals surface area contributed by atoms with Crippen LogP contribution in [0.3, 0.4) is 0 Å². The van der Waals surface area contributed by atoms with Crippen molar-refractivity contribution in [2.45, 2.75) is 45.1 Å². The molecule has 0 saturated carbocycles. The van der Waals surface area contributed by atoms with Gasteiger partial charge in [-0.1, -0.05) is 0 Å². The molecule has 1 aromatic heterocycles. The maximum absolute atomic E-state index is 12.8. The van der Waals surface area contributed by atoms with Gasteiger partial charge >= 0.3 is 13.3 Å². The minimum Gasteiger partial charge on any atom is -0.398 e. The lowest BCUT2D eigenvalue weighted by Gasteiger charge is -2.32. The number of aromatic nitrogens is 1. The summed E-state index contributed by atoms with van der Waals surface area (Å²) in [5.41, 5.74) is 2.75. The zero-order valence-electron chi connectivity index (χ0n) is 11.7. The van der Waals surface area contributed by atoms with Crippen LogP contribution in [-0.2, 0) is 15.5 Å². The molecule has 0 bridgehead atoms. The summed E-state index contributed by atoms with van der Waals surface area (Å²) < 4.78 is 49.8. The monoisotopic (exact) mass is 288 g/mol. The summed E-state index contributed by atoms with van der Waals surface area (Å²) in [6.45, 7) is 7.26. The van der Waals surface area contributed by atoms with Gasteiger partial charge in [0.05, 0.1) is 28.0 Å². The first-order valence-electron chi connectivity index (χ1n) is 6.12. The molecule has 0 spiro atoms. The van der Waals surface area contributed by atoms with Crippen molar-refractivity contribution >= 4 is 18.4 Å². The Bertz CT molecular complexity index is 516. The van der Waals surface area contributed by atoms with Crippen molar-refractivity contribution in [3.63, 3.8) is 0 Å². The third-order valence-corrected chi connectivity index (χ3v) is 3.76. The number of rotatable bonds is 1. The third kappa shape index (κ3) is 2.49. The van der Waals surface area contributed by atoms with Gasteiger partial charge in [0.2, 0.25) is 0 Å². The van der Waals surface area contributed by atoms with Gasteiger partial charge in [-0.25, -0.2) is 0 Å². The predicted octanol–water partition coefficient (Wildman–Crippen LogP) is 1.98. The van der Waals surface area contributed by atoms with Gasteiger partial charge in [-0.3, -0.25) is 4.98 Å². The summed E-state index contributed by atoms with van der Waals surface area (Å²) in [7, 11) is -0.943. The third-order valence-electron chi connectivity index (χ3n) is 3.76. The lowest BCUT2D eigenvalue weighted by molar-refractivity contribution is -0.136. The average Bonchev–Trinajstić information content (AvgIpc) is 2.47. The van der Waals surface area contributed by atoms with Crippen LogP contribution < -0.4 is 11.3 Å². The molecular formula is C12H16BF3N2O2. The first-order chi connectivity index (χ1) is 8.94. The molecular weight excluding hydrogens is 272 g/mol. The SMILES string of the molecule is CC1(C)OB(c2cc(C(F)(F)F)c(N)cn2)OC1(C)C. The van der Waals surface area contributed by atoms with Gasteiger partial charge in [0.25, 0.3) is 0 Å². The number of hydrogen-bond acceptors (Lipinski definition) is 4. The maximum Gasteiger partial charge on any atom is 0.514 e.